The van der Waals surface area contributed by atoms with Crippen LogP contribution < -0.4 is 5.32 Å². The normalized spacial score (nSPS) is 11.1. The number of pyridine rings is 1. The van der Waals surface area contributed by atoms with Gasteiger partial charge in [0.1, 0.15) is 23.0 Å². The molecule has 140 valence electrons. The van der Waals surface area contributed by atoms with Gasteiger partial charge in [0.2, 0.25) is 0 Å². The Morgan fingerprint density at radius 3 is 2.48 bits per heavy atom. The van der Waals surface area contributed by atoms with Crippen molar-refractivity contribution < 1.29 is 9.18 Å². The Labute approximate surface area is 166 Å². The van der Waals surface area contributed by atoms with Crippen molar-refractivity contribution in [3.63, 3.8) is 0 Å². The van der Waals surface area contributed by atoms with E-state index in [1.807, 2.05) is 66.9 Å². The molecule has 1 amide bonds. The first-order chi connectivity index (χ1) is 14.2. The monoisotopic (exact) mass is 381 g/mol. The van der Waals surface area contributed by atoms with Crippen molar-refractivity contribution in [2.75, 3.05) is 5.32 Å². The van der Waals surface area contributed by atoms with Crippen LogP contribution in [0.15, 0.2) is 91.1 Å². The Morgan fingerprint density at radius 1 is 0.862 bits per heavy atom. The van der Waals surface area contributed by atoms with Gasteiger partial charge in [-0.25, -0.2) is 9.37 Å². The number of carbonyl (C=O) groups excluding carboxylic acids is 1. The summed E-state index contributed by atoms with van der Waals surface area (Å²) in [5.41, 5.74) is 2.19. The molecule has 2 heterocycles. The number of hydrogen-bond acceptors (Lipinski definition) is 2. The van der Waals surface area contributed by atoms with Gasteiger partial charge in [0.15, 0.2) is 0 Å². The van der Waals surface area contributed by atoms with E-state index in [-0.39, 0.29) is 5.56 Å². The molecule has 0 spiro atoms. The Bertz CT molecular complexity index is 1370. The largest absolute Gasteiger partial charge is 0.306 e. The summed E-state index contributed by atoms with van der Waals surface area (Å²) in [4.78, 5) is 17.5. The van der Waals surface area contributed by atoms with Crippen LogP contribution in [0, 0.1) is 5.82 Å². The fraction of sp³-hybridized carbons (Fsp3) is 0. The van der Waals surface area contributed by atoms with Crippen LogP contribution in [-0.2, 0) is 0 Å². The Morgan fingerprint density at radius 2 is 1.62 bits per heavy atom. The molecular formula is C24H16FN3O. The molecule has 4 nitrogen and oxygen atoms in total. The second kappa shape index (κ2) is 6.87. The average Bonchev–Trinajstić information content (AvgIpc) is 3.12. The van der Waals surface area contributed by atoms with Gasteiger partial charge in [-0.05, 0) is 41.1 Å². The molecule has 0 saturated carbocycles. The Hall–Kier alpha value is -3.99. The second-order valence-corrected chi connectivity index (χ2v) is 6.73. The van der Waals surface area contributed by atoms with Crippen molar-refractivity contribution in [3.8, 4) is 11.3 Å². The minimum absolute atomic E-state index is 0.0113. The number of halogens is 1. The smallest absolute Gasteiger partial charge is 0.259 e. The van der Waals surface area contributed by atoms with E-state index in [0.717, 1.165) is 16.3 Å². The van der Waals surface area contributed by atoms with Gasteiger partial charge in [-0.1, -0.05) is 54.6 Å². The highest BCUT2D eigenvalue weighted by Gasteiger charge is 2.19. The summed E-state index contributed by atoms with van der Waals surface area (Å²) in [6, 6.07) is 25.6. The zero-order valence-electron chi connectivity index (χ0n) is 15.3. The molecule has 0 unspecified atom stereocenters. The number of amides is 1. The lowest BCUT2D eigenvalue weighted by Gasteiger charge is -2.09. The van der Waals surface area contributed by atoms with Gasteiger partial charge in [0.05, 0.1) is 5.56 Å². The van der Waals surface area contributed by atoms with Crippen molar-refractivity contribution in [2.24, 2.45) is 0 Å². The molecule has 0 saturated heterocycles. The molecule has 5 heteroatoms. The van der Waals surface area contributed by atoms with Crippen LogP contribution in [0.2, 0.25) is 0 Å². The number of carbonyl (C=O) groups is 1. The molecule has 1 N–H and O–H groups in total. The number of anilines is 1. The molecular weight excluding hydrogens is 365 g/mol. The summed E-state index contributed by atoms with van der Waals surface area (Å²) < 4.78 is 15.9. The summed E-state index contributed by atoms with van der Waals surface area (Å²) >= 11 is 0. The topological polar surface area (TPSA) is 46.4 Å². The van der Waals surface area contributed by atoms with E-state index in [2.05, 4.69) is 5.32 Å². The Balaban J connectivity index is 1.66. The minimum atomic E-state index is -0.564. The van der Waals surface area contributed by atoms with Gasteiger partial charge in [0, 0.05) is 11.8 Å². The predicted molar refractivity (Wildman–Crippen MR) is 112 cm³/mol. The van der Waals surface area contributed by atoms with Gasteiger partial charge >= 0.3 is 0 Å². The van der Waals surface area contributed by atoms with Gasteiger partial charge < -0.3 is 5.32 Å². The standard InChI is InChI=1S/C24H16FN3O/c25-20-10-4-3-9-19(20)24(29)27-23-22(26-21-11-5-6-14-28(21)23)18-13-12-16-7-1-2-8-17(16)15-18/h1-15H,(H,27,29). The highest BCUT2D eigenvalue weighted by Crippen LogP contribution is 2.31. The van der Waals surface area contributed by atoms with Crippen LogP contribution >= 0.6 is 0 Å². The zero-order valence-corrected chi connectivity index (χ0v) is 15.3. The van der Waals surface area contributed by atoms with Crippen molar-refractivity contribution in [2.45, 2.75) is 0 Å². The SMILES string of the molecule is O=C(Nc1c(-c2ccc3ccccc3c2)nc2ccccn12)c1ccccc1F. The van der Waals surface area contributed by atoms with E-state index in [0.29, 0.717) is 17.2 Å². The molecule has 0 atom stereocenters. The molecule has 0 radical (unpaired) electrons. The number of fused-ring (bicyclic) bond motifs is 2. The van der Waals surface area contributed by atoms with Crippen LogP contribution in [0.4, 0.5) is 10.2 Å². The molecule has 0 bridgehead atoms. The maximum atomic E-state index is 14.1. The first-order valence-corrected chi connectivity index (χ1v) is 9.23. The number of nitrogens with zero attached hydrogens (tertiary/aromatic N) is 2. The van der Waals surface area contributed by atoms with Crippen molar-refractivity contribution in [1.82, 2.24) is 9.38 Å². The number of nitrogens with one attached hydrogen (secondary N) is 1. The summed E-state index contributed by atoms with van der Waals surface area (Å²) in [5, 5.41) is 5.06. The van der Waals surface area contributed by atoms with Gasteiger partial charge in [0.25, 0.3) is 5.91 Å². The lowest BCUT2D eigenvalue weighted by molar-refractivity contribution is 0.102. The van der Waals surface area contributed by atoms with E-state index in [1.54, 1.807) is 16.5 Å². The number of benzene rings is 3. The number of rotatable bonds is 3. The highest BCUT2D eigenvalue weighted by molar-refractivity contribution is 6.06. The maximum Gasteiger partial charge on any atom is 0.259 e. The summed E-state index contributed by atoms with van der Waals surface area (Å²) in [6.07, 6.45) is 1.82. The van der Waals surface area contributed by atoms with Gasteiger partial charge in [-0.2, -0.15) is 0 Å². The van der Waals surface area contributed by atoms with Gasteiger partial charge in [-0.15, -0.1) is 0 Å². The first kappa shape index (κ1) is 17.1. The van der Waals surface area contributed by atoms with E-state index in [1.165, 1.54) is 12.1 Å². The molecule has 0 aliphatic heterocycles. The third kappa shape index (κ3) is 3.02. The summed E-state index contributed by atoms with van der Waals surface area (Å²) in [5.74, 6) is -0.578. The molecule has 5 rings (SSSR count). The number of hydrogen-bond donors (Lipinski definition) is 1. The van der Waals surface area contributed by atoms with Crippen LogP contribution in [0.1, 0.15) is 10.4 Å². The second-order valence-electron chi connectivity index (χ2n) is 6.73. The third-order valence-corrected chi connectivity index (χ3v) is 4.90. The van der Waals surface area contributed by atoms with E-state index in [9.17, 15) is 9.18 Å². The first-order valence-electron chi connectivity index (χ1n) is 9.23. The van der Waals surface area contributed by atoms with E-state index >= 15 is 0 Å². The van der Waals surface area contributed by atoms with Crippen molar-refractivity contribution >= 4 is 28.1 Å². The minimum Gasteiger partial charge on any atom is -0.306 e. The molecule has 29 heavy (non-hydrogen) atoms. The molecule has 5 aromatic rings. The highest BCUT2D eigenvalue weighted by atomic mass is 19.1. The fourth-order valence-electron chi connectivity index (χ4n) is 3.47. The molecule has 0 fully saturated rings. The van der Waals surface area contributed by atoms with Crippen molar-refractivity contribution in [3.05, 3.63) is 103 Å². The van der Waals surface area contributed by atoms with Crippen molar-refractivity contribution in [1.29, 1.82) is 0 Å². The molecule has 3 aromatic carbocycles. The van der Waals surface area contributed by atoms with E-state index < -0.39 is 11.7 Å². The maximum absolute atomic E-state index is 14.1. The lowest BCUT2D eigenvalue weighted by Crippen LogP contribution is -2.15. The van der Waals surface area contributed by atoms with E-state index in [4.69, 9.17) is 4.98 Å². The summed E-state index contributed by atoms with van der Waals surface area (Å²) in [7, 11) is 0. The Kier molecular flexibility index (Phi) is 4.06. The molecule has 2 aromatic heterocycles. The average molecular weight is 381 g/mol. The predicted octanol–water partition coefficient (Wildman–Crippen LogP) is 5.55. The lowest BCUT2D eigenvalue weighted by atomic mass is 10.0. The number of aromatic nitrogens is 2. The fourth-order valence-corrected chi connectivity index (χ4v) is 3.47. The van der Waals surface area contributed by atoms with Crippen LogP contribution in [0.5, 0.6) is 0 Å². The van der Waals surface area contributed by atoms with Crippen LogP contribution in [0.3, 0.4) is 0 Å². The summed E-state index contributed by atoms with van der Waals surface area (Å²) in [6.45, 7) is 0. The quantitative estimate of drug-likeness (QED) is 0.446. The van der Waals surface area contributed by atoms with Crippen LogP contribution in [0.25, 0.3) is 27.7 Å². The zero-order chi connectivity index (χ0) is 19.8. The molecule has 0 aliphatic carbocycles. The van der Waals surface area contributed by atoms with Crippen LogP contribution in [-0.4, -0.2) is 15.3 Å². The third-order valence-electron chi connectivity index (χ3n) is 4.90. The van der Waals surface area contributed by atoms with Gasteiger partial charge in [-0.3, -0.25) is 9.20 Å². The molecule has 0 aliphatic rings. The number of imidazole rings is 1.